The Morgan fingerprint density at radius 3 is 2.24 bits per heavy atom. The monoisotopic (exact) mass is 427 g/mol. The Morgan fingerprint density at radius 1 is 1.29 bits per heavy atom. The summed E-state index contributed by atoms with van der Waals surface area (Å²) >= 11 is 6.49. The van der Waals surface area contributed by atoms with Crippen molar-refractivity contribution in [3.05, 3.63) is 32.7 Å². The lowest BCUT2D eigenvalue weighted by Crippen LogP contribution is -2.45. The highest BCUT2D eigenvalue weighted by Crippen LogP contribution is 2.37. The lowest BCUT2D eigenvalue weighted by atomic mass is 10.1. The van der Waals surface area contributed by atoms with Crippen LogP contribution in [0.15, 0.2) is 27.1 Å². The summed E-state index contributed by atoms with van der Waals surface area (Å²) in [5.41, 5.74) is 0.244. The maximum Gasteiger partial charge on any atom is 0.406 e. The van der Waals surface area contributed by atoms with Crippen LogP contribution in [-0.2, 0) is 0 Å². The summed E-state index contributed by atoms with van der Waals surface area (Å²) in [6.07, 6.45) is -2.64. The summed E-state index contributed by atoms with van der Waals surface area (Å²) < 4.78 is 39.6. The van der Waals surface area contributed by atoms with Crippen molar-refractivity contribution in [3.63, 3.8) is 0 Å². The van der Waals surface area contributed by atoms with E-state index in [2.05, 4.69) is 31.9 Å². The first-order valence-corrected chi connectivity index (χ1v) is 8.10. The minimum absolute atomic E-state index is 0.173. The fraction of sp³-hybridized carbons (Fsp3) is 0.500. The molecule has 0 heterocycles. The molecule has 1 aliphatic carbocycles. The molecule has 1 atom stereocenters. The topological polar surface area (TPSA) is 20.3 Å². The summed E-state index contributed by atoms with van der Waals surface area (Å²) in [7, 11) is 0. The molecule has 116 valence electrons. The summed E-state index contributed by atoms with van der Waals surface area (Å²) in [6.45, 7) is 0.474. The van der Waals surface area contributed by atoms with Crippen LogP contribution >= 0.6 is 31.9 Å². The highest BCUT2D eigenvalue weighted by molar-refractivity contribution is 9.11. The van der Waals surface area contributed by atoms with Gasteiger partial charge in [0.05, 0.1) is 0 Å². The summed E-state index contributed by atoms with van der Waals surface area (Å²) in [4.78, 5) is 13.4. The van der Waals surface area contributed by atoms with E-state index in [1.165, 1.54) is 12.1 Å². The zero-order valence-electron chi connectivity index (χ0n) is 11.3. The maximum absolute atomic E-state index is 12.8. The Bertz CT molecular complexity index is 523. The third kappa shape index (κ3) is 4.71. The Balaban J connectivity index is 2.28. The van der Waals surface area contributed by atoms with Crippen LogP contribution < -0.4 is 0 Å². The molecule has 7 heteroatoms. The van der Waals surface area contributed by atoms with E-state index in [0.717, 1.165) is 17.7 Å². The van der Waals surface area contributed by atoms with Gasteiger partial charge in [0.1, 0.15) is 6.54 Å². The number of benzene rings is 1. The van der Waals surface area contributed by atoms with Crippen molar-refractivity contribution in [2.75, 3.05) is 6.54 Å². The first-order chi connectivity index (χ1) is 9.67. The molecular formula is C14H14Br2F3NO. The molecule has 0 bridgehead atoms. The molecule has 1 aromatic carbocycles. The fourth-order valence-electron chi connectivity index (χ4n) is 2.27. The van der Waals surface area contributed by atoms with E-state index >= 15 is 0 Å². The third-order valence-electron chi connectivity index (χ3n) is 3.52. The van der Waals surface area contributed by atoms with E-state index in [0.29, 0.717) is 8.95 Å². The first-order valence-electron chi connectivity index (χ1n) is 6.51. The number of hydrogen-bond acceptors (Lipinski definition) is 1. The highest BCUT2D eigenvalue weighted by Gasteiger charge is 2.40. The van der Waals surface area contributed by atoms with Crippen molar-refractivity contribution in [3.8, 4) is 0 Å². The number of halogens is 5. The average molecular weight is 429 g/mol. The van der Waals surface area contributed by atoms with E-state index in [9.17, 15) is 18.0 Å². The molecule has 1 unspecified atom stereocenters. The molecule has 2 nitrogen and oxygen atoms in total. The van der Waals surface area contributed by atoms with Crippen LogP contribution in [0.4, 0.5) is 13.2 Å². The quantitative estimate of drug-likeness (QED) is 0.659. The van der Waals surface area contributed by atoms with Crippen molar-refractivity contribution in [2.45, 2.75) is 32.0 Å². The lowest BCUT2D eigenvalue weighted by molar-refractivity contribution is -0.144. The second-order valence-electron chi connectivity index (χ2n) is 5.28. The van der Waals surface area contributed by atoms with E-state index in [4.69, 9.17) is 0 Å². The van der Waals surface area contributed by atoms with Crippen molar-refractivity contribution in [1.82, 2.24) is 4.90 Å². The predicted octanol–water partition coefficient (Wildman–Crippen LogP) is 5.01. The highest BCUT2D eigenvalue weighted by atomic mass is 79.9. The number of amides is 1. The molecular weight excluding hydrogens is 415 g/mol. The zero-order valence-corrected chi connectivity index (χ0v) is 14.4. The number of rotatable bonds is 4. The minimum atomic E-state index is -4.40. The molecule has 0 aromatic heterocycles. The Hall–Kier alpha value is -0.560. The number of hydrogen-bond donors (Lipinski definition) is 0. The molecule has 0 spiro atoms. The second-order valence-corrected chi connectivity index (χ2v) is 7.12. The fourth-order valence-corrected chi connectivity index (χ4v) is 3.56. The molecule has 1 fully saturated rings. The number of carbonyl (C=O) groups excluding carboxylic acids is 1. The minimum Gasteiger partial charge on any atom is -0.327 e. The van der Waals surface area contributed by atoms with Crippen molar-refractivity contribution in [1.29, 1.82) is 0 Å². The maximum atomic E-state index is 12.8. The molecule has 1 amide bonds. The predicted molar refractivity (Wildman–Crippen MR) is 81.1 cm³/mol. The third-order valence-corrected chi connectivity index (χ3v) is 4.43. The van der Waals surface area contributed by atoms with Crippen molar-refractivity contribution in [2.24, 2.45) is 5.92 Å². The Kier molecular flexibility index (Phi) is 5.03. The van der Waals surface area contributed by atoms with E-state index in [1.807, 2.05) is 0 Å². The Labute approximate surface area is 137 Å². The largest absolute Gasteiger partial charge is 0.406 e. The first kappa shape index (κ1) is 16.8. The summed E-state index contributed by atoms with van der Waals surface area (Å²) in [5, 5.41) is 0. The van der Waals surface area contributed by atoms with Gasteiger partial charge in [0, 0.05) is 20.6 Å². The van der Waals surface area contributed by atoms with Crippen LogP contribution in [0.5, 0.6) is 0 Å². The molecule has 0 radical (unpaired) electrons. The summed E-state index contributed by atoms with van der Waals surface area (Å²) in [5.74, 6) is -0.416. The van der Waals surface area contributed by atoms with Crippen LogP contribution in [-0.4, -0.2) is 29.6 Å². The van der Waals surface area contributed by atoms with Gasteiger partial charge in [-0.3, -0.25) is 4.79 Å². The number of nitrogens with zero attached hydrogens (tertiary/aromatic N) is 1. The van der Waals surface area contributed by atoms with Gasteiger partial charge in [-0.2, -0.15) is 13.2 Å². The molecule has 0 N–H and O–H groups in total. The molecule has 0 saturated heterocycles. The van der Waals surface area contributed by atoms with Gasteiger partial charge in [-0.1, -0.05) is 31.9 Å². The van der Waals surface area contributed by atoms with Gasteiger partial charge in [-0.25, -0.2) is 0 Å². The van der Waals surface area contributed by atoms with Gasteiger partial charge in [0.25, 0.3) is 5.91 Å². The smallest absolute Gasteiger partial charge is 0.327 e. The van der Waals surface area contributed by atoms with Crippen LogP contribution in [0.1, 0.15) is 30.1 Å². The van der Waals surface area contributed by atoms with Gasteiger partial charge in [-0.05, 0) is 43.9 Å². The Morgan fingerprint density at radius 2 is 1.81 bits per heavy atom. The van der Waals surface area contributed by atoms with Crippen molar-refractivity contribution >= 4 is 37.8 Å². The van der Waals surface area contributed by atoms with Crippen LogP contribution in [0.3, 0.4) is 0 Å². The molecule has 1 aromatic rings. The number of alkyl halides is 3. The van der Waals surface area contributed by atoms with Crippen LogP contribution in [0, 0.1) is 5.92 Å². The SMILES string of the molecule is CC(C1CC1)N(CC(F)(F)F)C(=O)c1cc(Br)cc(Br)c1. The standard InChI is InChI=1S/C14H14Br2F3NO/c1-8(9-2-3-9)20(7-14(17,18)19)13(21)10-4-11(15)6-12(16)5-10/h4-6,8-9H,2-3,7H2,1H3. The van der Waals surface area contributed by atoms with Gasteiger partial charge in [0.15, 0.2) is 0 Å². The van der Waals surface area contributed by atoms with Crippen LogP contribution in [0.2, 0.25) is 0 Å². The molecule has 2 rings (SSSR count). The van der Waals surface area contributed by atoms with Gasteiger partial charge in [-0.15, -0.1) is 0 Å². The van der Waals surface area contributed by atoms with Crippen molar-refractivity contribution < 1.29 is 18.0 Å². The van der Waals surface area contributed by atoms with Gasteiger partial charge in [0.2, 0.25) is 0 Å². The molecule has 1 aliphatic rings. The van der Waals surface area contributed by atoms with Gasteiger partial charge < -0.3 is 4.90 Å². The van der Waals surface area contributed by atoms with E-state index in [-0.39, 0.29) is 11.5 Å². The molecule has 1 saturated carbocycles. The number of carbonyl (C=O) groups is 1. The van der Waals surface area contributed by atoms with Crippen LogP contribution in [0.25, 0.3) is 0 Å². The van der Waals surface area contributed by atoms with E-state index < -0.39 is 24.7 Å². The van der Waals surface area contributed by atoms with Gasteiger partial charge >= 0.3 is 6.18 Å². The average Bonchev–Trinajstić information content (AvgIpc) is 3.16. The molecule has 21 heavy (non-hydrogen) atoms. The lowest BCUT2D eigenvalue weighted by Gasteiger charge is -2.30. The second kappa shape index (κ2) is 6.28. The normalized spacial score (nSPS) is 16.7. The zero-order chi connectivity index (χ0) is 15.8. The molecule has 0 aliphatic heterocycles. The summed E-state index contributed by atoms with van der Waals surface area (Å²) in [6, 6.07) is 4.40. The van der Waals surface area contributed by atoms with E-state index in [1.54, 1.807) is 13.0 Å².